The zero-order valence-corrected chi connectivity index (χ0v) is 33.2. The van der Waals surface area contributed by atoms with E-state index in [0.29, 0.717) is 0 Å². The van der Waals surface area contributed by atoms with E-state index in [-0.39, 0.29) is 0 Å². The summed E-state index contributed by atoms with van der Waals surface area (Å²) < 4.78 is 0. The maximum absolute atomic E-state index is 2.54. The highest BCUT2D eigenvalue weighted by molar-refractivity contribution is 5.77. The van der Waals surface area contributed by atoms with E-state index in [1.54, 1.807) is 22.3 Å². The molecular weight excluding hydrogens is 589 g/mol. The van der Waals surface area contributed by atoms with Crippen molar-refractivity contribution in [3.05, 3.63) is 58.7 Å². The van der Waals surface area contributed by atoms with E-state index in [1.165, 1.54) is 229 Å². The molecule has 0 bridgehead atoms. The molecule has 2 aromatic rings. The summed E-state index contributed by atoms with van der Waals surface area (Å²) in [6.45, 7) is 4.62. The third kappa shape index (κ3) is 19.6. The molecule has 0 fully saturated rings. The molecular formula is C49H82. The number of rotatable bonds is 34. The standard InChI is InChI=1S/C49H82/c1-3-5-7-9-11-13-15-17-19-21-23-25-27-29-31-33-35-44-37-39-48-46(41-44)43-47-42-45(38-40-49(47)48)36-34-32-30-28-26-24-22-20-18-16-14-12-10-8-6-4-2/h37-42H,3-36,43H2,1-2H3. The van der Waals surface area contributed by atoms with Crippen molar-refractivity contribution in [3.63, 3.8) is 0 Å². The number of fused-ring (bicyclic) bond motifs is 3. The Morgan fingerprint density at radius 1 is 0.306 bits per heavy atom. The van der Waals surface area contributed by atoms with Crippen LogP contribution in [0.4, 0.5) is 0 Å². The fourth-order valence-electron chi connectivity index (χ4n) is 8.38. The van der Waals surface area contributed by atoms with Gasteiger partial charge >= 0.3 is 0 Å². The van der Waals surface area contributed by atoms with Gasteiger partial charge < -0.3 is 0 Å². The normalized spacial score (nSPS) is 12.1. The van der Waals surface area contributed by atoms with Crippen LogP contribution in [0.3, 0.4) is 0 Å². The van der Waals surface area contributed by atoms with Crippen molar-refractivity contribution in [2.75, 3.05) is 0 Å². The highest BCUT2D eigenvalue weighted by atomic mass is 14.2. The molecule has 0 aromatic heterocycles. The molecule has 0 radical (unpaired) electrons. The van der Waals surface area contributed by atoms with Crippen LogP contribution in [0.15, 0.2) is 36.4 Å². The molecule has 0 heterocycles. The van der Waals surface area contributed by atoms with E-state index in [0.717, 1.165) is 6.42 Å². The number of aryl methyl sites for hydroxylation is 2. The highest BCUT2D eigenvalue weighted by Gasteiger charge is 2.19. The smallest absolute Gasteiger partial charge is 0.00133 e. The van der Waals surface area contributed by atoms with Crippen LogP contribution in [0.5, 0.6) is 0 Å². The second-order valence-electron chi connectivity index (χ2n) is 16.3. The molecule has 0 heteroatoms. The zero-order valence-electron chi connectivity index (χ0n) is 33.2. The zero-order chi connectivity index (χ0) is 34.5. The van der Waals surface area contributed by atoms with Crippen molar-refractivity contribution < 1.29 is 0 Å². The monoisotopic (exact) mass is 671 g/mol. The van der Waals surface area contributed by atoms with Crippen LogP contribution in [0.2, 0.25) is 0 Å². The molecule has 1 aliphatic carbocycles. The molecule has 0 N–H and O–H groups in total. The molecule has 0 unspecified atom stereocenters. The van der Waals surface area contributed by atoms with Gasteiger partial charge in [0.1, 0.15) is 0 Å². The summed E-state index contributed by atoms with van der Waals surface area (Å²) in [5.74, 6) is 0. The number of unbranched alkanes of at least 4 members (excludes halogenated alkanes) is 30. The molecule has 0 saturated heterocycles. The Bertz CT molecular complexity index is 962. The molecule has 0 spiro atoms. The molecule has 2 aromatic carbocycles. The molecule has 1 aliphatic rings. The number of hydrogen-bond donors (Lipinski definition) is 0. The lowest BCUT2D eigenvalue weighted by molar-refractivity contribution is 0.529. The van der Waals surface area contributed by atoms with Gasteiger partial charge in [-0.2, -0.15) is 0 Å². The molecule has 0 atom stereocenters. The van der Waals surface area contributed by atoms with Crippen molar-refractivity contribution in [2.45, 2.75) is 239 Å². The number of benzene rings is 2. The largest absolute Gasteiger partial charge is 0.0654 e. The maximum atomic E-state index is 2.54. The molecule has 0 aliphatic heterocycles. The van der Waals surface area contributed by atoms with Gasteiger partial charge in [0.05, 0.1) is 0 Å². The lowest BCUT2D eigenvalue weighted by Gasteiger charge is -2.07. The summed E-state index contributed by atoms with van der Waals surface area (Å²) in [6.07, 6.45) is 49.8. The number of hydrogen-bond acceptors (Lipinski definition) is 0. The molecule has 0 nitrogen and oxygen atoms in total. The van der Waals surface area contributed by atoms with Gasteiger partial charge in [-0.3, -0.25) is 0 Å². The fourth-order valence-corrected chi connectivity index (χ4v) is 8.38. The highest BCUT2D eigenvalue weighted by Crippen LogP contribution is 2.38. The van der Waals surface area contributed by atoms with E-state index in [4.69, 9.17) is 0 Å². The van der Waals surface area contributed by atoms with E-state index in [9.17, 15) is 0 Å². The van der Waals surface area contributed by atoms with E-state index in [2.05, 4.69) is 50.2 Å². The van der Waals surface area contributed by atoms with Gasteiger partial charge in [-0.05, 0) is 65.5 Å². The van der Waals surface area contributed by atoms with Gasteiger partial charge in [0.25, 0.3) is 0 Å². The van der Waals surface area contributed by atoms with Crippen molar-refractivity contribution in [1.82, 2.24) is 0 Å². The first kappa shape index (κ1) is 41.9. The van der Waals surface area contributed by atoms with Crippen LogP contribution in [0, 0.1) is 0 Å². The fraction of sp³-hybridized carbons (Fsp3) is 0.755. The van der Waals surface area contributed by atoms with Gasteiger partial charge in [0.2, 0.25) is 0 Å². The predicted octanol–water partition coefficient (Wildman–Crippen LogP) is 16.9. The summed E-state index contributed by atoms with van der Waals surface area (Å²) in [6, 6.07) is 14.8. The molecule has 49 heavy (non-hydrogen) atoms. The van der Waals surface area contributed by atoms with Crippen molar-refractivity contribution in [3.8, 4) is 11.1 Å². The average molecular weight is 671 g/mol. The summed E-state index contributed by atoms with van der Waals surface area (Å²) in [5.41, 5.74) is 9.27. The third-order valence-electron chi connectivity index (χ3n) is 11.6. The Kier molecular flexibility index (Phi) is 24.8. The molecule has 278 valence electrons. The van der Waals surface area contributed by atoms with Crippen LogP contribution in [-0.2, 0) is 19.3 Å². The van der Waals surface area contributed by atoms with E-state index in [1.807, 2.05) is 0 Å². The van der Waals surface area contributed by atoms with Gasteiger partial charge in [-0.1, -0.05) is 243 Å². The molecule has 0 amide bonds. The minimum atomic E-state index is 1.14. The second kappa shape index (κ2) is 29.1. The topological polar surface area (TPSA) is 0 Å². The Hall–Kier alpha value is -1.56. The minimum Gasteiger partial charge on any atom is -0.0654 e. The van der Waals surface area contributed by atoms with Gasteiger partial charge in [0.15, 0.2) is 0 Å². The van der Waals surface area contributed by atoms with Crippen molar-refractivity contribution >= 4 is 0 Å². The Balaban J connectivity index is 1.14. The summed E-state index contributed by atoms with van der Waals surface area (Å²) in [5, 5.41) is 0. The van der Waals surface area contributed by atoms with Crippen LogP contribution >= 0.6 is 0 Å². The molecule has 3 rings (SSSR count). The van der Waals surface area contributed by atoms with Gasteiger partial charge in [-0.15, -0.1) is 0 Å². The lowest BCUT2D eigenvalue weighted by atomic mass is 9.98. The van der Waals surface area contributed by atoms with Crippen LogP contribution in [-0.4, -0.2) is 0 Å². The first-order valence-electron chi connectivity index (χ1n) is 22.6. The Morgan fingerprint density at radius 2 is 0.551 bits per heavy atom. The minimum absolute atomic E-state index is 1.14. The summed E-state index contributed by atoms with van der Waals surface area (Å²) >= 11 is 0. The predicted molar refractivity (Wildman–Crippen MR) is 221 cm³/mol. The quantitative estimate of drug-likeness (QED) is 0.0555. The lowest BCUT2D eigenvalue weighted by Crippen LogP contribution is -1.90. The average Bonchev–Trinajstić information content (AvgIpc) is 3.48. The summed E-state index contributed by atoms with van der Waals surface area (Å²) in [7, 11) is 0. The van der Waals surface area contributed by atoms with Gasteiger partial charge in [0, 0.05) is 0 Å². The Labute approximate surface area is 307 Å². The third-order valence-corrected chi connectivity index (χ3v) is 11.6. The first-order valence-corrected chi connectivity index (χ1v) is 22.6. The van der Waals surface area contributed by atoms with Crippen LogP contribution in [0.25, 0.3) is 11.1 Å². The second-order valence-corrected chi connectivity index (χ2v) is 16.3. The molecule has 0 saturated carbocycles. The van der Waals surface area contributed by atoms with Crippen molar-refractivity contribution in [2.24, 2.45) is 0 Å². The summed E-state index contributed by atoms with van der Waals surface area (Å²) in [4.78, 5) is 0. The van der Waals surface area contributed by atoms with Crippen LogP contribution in [0.1, 0.15) is 242 Å². The van der Waals surface area contributed by atoms with E-state index >= 15 is 0 Å². The van der Waals surface area contributed by atoms with E-state index < -0.39 is 0 Å². The van der Waals surface area contributed by atoms with Crippen LogP contribution < -0.4 is 0 Å². The maximum Gasteiger partial charge on any atom is -0.00133 e. The Morgan fingerprint density at radius 3 is 0.816 bits per heavy atom. The SMILES string of the molecule is CCCCCCCCCCCCCCCCCCc1ccc2c(c1)Cc1cc(CCCCCCCCCCCCCCCCCC)ccc1-2. The van der Waals surface area contributed by atoms with Gasteiger partial charge in [-0.25, -0.2) is 0 Å². The first-order chi connectivity index (χ1) is 24.3. The van der Waals surface area contributed by atoms with Crippen molar-refractivity contribution in [1.29, 1.82) is 0 Å².